The highest BCUT2D eigenvalue weighted by atomic mass is 32.1. The largest absolute Gasteiger partial charge is 0.466 e. The van der Waals surface area contributed by atoms with E-state index in [-0.39, 0.29) is 12.4 Å². The lowest BCUT2D eigenvalue weighted by atomic mass is 10.2. The lowest BCUT2D eigenvalue weighted by Crippen LogP contribution is -2.08. The van der Waals surface area contributed by atoms with Crippen LogP contribution in [0.5, 0.6) is 0 Å². The summed E-state index contributed by atoms with van der Waals surface area (Å²) in [4.78, 5) is 25.5. The normalized spacial score (nSPS) is 11.0. The molecule has 0 radical (unpaired) electrons. The molecule has 0 amide bonds. The van der Waals surface area contributed by atoms with Gasteiger partial charge in [-0.15, -0.1) is 11.3 Å². The molecule has 0 spiro atoms. The average Bonchev–Trinajstić information content (AvgIpc) is 3.02. The highest BCUT2D eigenvalue weighted by molar-refractivity contribution is 7.15. The van der Waals surface area contributed by atoms with E-state index in [1.807, 2.05) is 22.9 Å². The van der Waals surface area contributed by atoms with Crippen LogP contribution in [0.25, 0.3) is 16.3 Å². The van der Waals surface area contributed by atoms with Gasteiger partial charge in [0.2, 0.25) is 0 Å². The first kappa shape index (κ1) is 13.7. The maximum atomic E-state index is 11.6. The van der Waals surface area contributed by atoms with Gasteiger partial charge in [0.05, 0.1) is 18.7 Å². The Hall–Kier alpha value is -2.28. The zero-order chi connectivity index (χ0) is 14.8. The first-order chi connectivity index (χ1) is 10.2. The third kappa shape index (κ3) is 2.64. The van der Waals surface area contributed by atoms with E-state index in [9.17, 15) is 4.79 Å². The highest BCUT2D eigenvalue weighted by Gasteiger charge is 2.14. The Morgan fingerprint density at radius 1 is 1.38 bits per heavy atom. The van der Waals surface area contributed by atoms with Crippen LogP contribution >= 0.6 is 11.3 Å². The fraction of sp³-hybridized carbons (Fsp3) is 0.286. The number of ether oxygens (including phenoxy) is 1. The minimum absolute atomic E-state index is 0.233. The van der Waals surface area contributed by atoms with E-state index in [1.165, 1.54) is 11.3 Å². The van der Waals surface area contributed by atoms with Gasteiger partial charge in [-0.2, -0.15) is 0 Å². The van der Waals surface area contributed by atoms with Crippen molar-refractivity contribution in [2.75, 3.05) is 6.61 Å². The van der Waals surface area contributed by atoms with Crippen molar-refractivity contribution in [2.45, 2.75) is 20.3 Å². The van der Waals surface area contributed by atoms with Gasteiger partial charge in [-0.3, -0.25) is 19.2 Å². The average molecular weight is 302 g/mol. The molecule has 0 fully saturated rings. The molecule has 0 N–H and O–H groups in total. The van der Waals surface area contributed by atoms with Crippen LogP contribution in [-0.4, -0.2) is 31.9 Å². The Morgan fingerprint density at radius 2 is 2.19 bits per heavy atom. The Bertz CT molecular complexity index is 793. The maximum Gasteiger partial charge on any atom is 0.311 e. The lowest BCUT2D eigenvalue weighted by Gasteiger charge is -2.00. The van der Waals surface area contributed by atoms with E-state index >= 15 is 0 Å². The topological polar surface area (TPSA) is 69.4 Å². The summed E-state index contributed by atoms with van der Waals surface area (Å²) in [5.74, 6) is -0.233. The van der Waals surface area contributed by atoms with Crippen molar-refractivity contribution in [1.82, 2.24) is 19.4 Å². The summed E-state index contributed by atoms with van der Waals surface area (Å²) in [5.41, 5.74) is 3.22. The monoisotopic (exact) mass is 302 g/mol. The molecule has 3 aromatic rings. The molecule has 21 heavy (non-hydrogen) atoms. The molecule has 108 valence electrons. The number of esters is 1. The fourth-order valence-electron chi connectivity index (χ4n) is 2.09. The van der Waals surface area contributed by atoms with Gasteiger partial charge in [-0.1, -0.05) is 0 Å². The zero-order valence-corrected chi connectivity index (χ0v) is 12.6. The molecule has 0 saturated carbocycles. The number of hydrogen-bond acceptors (Lipinski definition) is 6. The van der Waals surface area contributed by atoms with Crippen LogP contribution in [-0.2, 0) is 16.0 Å². The Balaban J connectivity index is 1.96. The molecule has 7 heteroatoms. The van der Waals surface area contributed by atoms with E-state index < -0.39 is 0 Å². The standard InChI is InChI=1S/C14H14N4O2S/c1-3-20-12(19)6-10-8-21-14-17-11(7-18(10)14)13-9(2)15-4-5-16-13/h4-5,7-8H,3,6H2,1-2H3. The molecular formula is C14H14N4O2S. The number of fused-ring (bicyclic) bond motifs is 1. The summed E-state index contributed by atoms with van der Waals surface area (Å²) in [6, 6.07) is 0. The van der Waals surface area contributed by atoms with Crippen molar-refractivity contribution < 1.29 is 9.53 Å². The zero-order valence-electron chi connectivity index (χ0n) is 11.7. The van der Waals surface area contributed by atoms with Gasteiger partial charge in [0.25, 0.3) is 0 Å². The van der Waals surface area contributed by atoms with Gasteiger partial charge in [-0.05, 0) is 13.8 Å². The Kier molecular flexibility index (Phi) is 3.66. The van der Waals surface area contributed by atoms with Gasteiger partial charge in [0.15, 0.2) is 4.96 Å². The van der Waals surface area contributed by atoms with Gasteiger partial charge in [0.1, 0.15) is 11.4 Å². The van der Waals surface area contributed by atoms with E-state index in [2.05, 4.69) is 15.0 Å². The molecule has 0 aromatic carbocycles. The number of nitrogens with zero attached hydrogens (tertiary/aromatic N) is 4. The van der Waals surface area contributed by atoms with Crippen LogP contribution in [0.2, 0.25) is 0 Å². The SMILES string of the molecule is CCOC(=O)Cc1csc2nc(-c3nccnc3C)cn12. The first-order valence-electron chi connectivity index (χ1n) is 6.58. The van der Waals surface area contributed by atoms with Crippen molar-refractivity contribution >= 4 is 22.3 Å². The molecule has 0 saturated heterocycles. The third-order valence-corrected chi connectivity index (χ3v) is 3.93. The first-order valence-corrected chi connectivity index (χ1v) is 7.46. The summed E-state index contributed by atoms with van der Waals surface area (Å²) in [5, 5.41) is 1.92. The van der Waals surface area contributed by atoms with Crippen molar-refractivity contribution in [3.8, 4) is 11.4 Å². The van der Waals surface area contributed by atoms with Crippen molar-refractivity contribution in [3.05, 3.63) is 35.4 Å². The second-order valence-corrected chi connectivity index (χ2v) is 5.31. The number of imidazole rings is 1. The van der Waals surface area contributed by atoms with Crippen LogP contribution in [0.4, 0.5) is 0 Å². The van der Waals surface area contributed by atoms with Gasteiger partial charge >= 0.3 is 5.97 Å². The molecule has 3 heterocycles. The predicted octanol–water partition coefficient (Wildman–Crippen LogP) is 2.27. The van der Waals surface area contributed by atoms with E-state index in [4.69, 9.17) is 4.74 Å². The second-order valence-electron chi connectivity index (χ2n) is 4.48. The number of carbonyl (C=O) groups is 1. The van der Waals surface area contributed by atoms with Crippen molar-refractivity contribution in [2.24, 2.45) is 0 Å². The summed E-state index contributed by atoms with van der Waals surface area (Å²) < 4.78 is 6.89. The smallest absolute Gasteiger partial charge is 0.311 e. The summed E-state index contributed by atoms with van der Waals surface area (Å²) >= 11 is 1.49. The lowest BCUT2D eigenvalue weighted by molar-refractivity contribution is -0.142. The summed E-state index contributed by atoms with van der Waals surface area (Å²) in [6.07, 6.45) is 5.43. The van der Waals surface area contributed by atoms with Crippen molar-refractivity contribution in [3.63, 3.8) is 0 Å². The number of rotatable bonds is 4. The van der Waals surface area contributed by atoms with Crippen LogP contribution in [0.3, 0.4) is 0 Å². The van der Waals surface area contributed by atoms with Crippen molar-refractivity contribution in [1.29, 1.82) is 0 Å². The highest BCUT2D eigenvalue weighted by Crippen LogP contribution is 2.23. The summed E-state index contributed by atoms with van der Waals surface area (Å²) in [7, 11) is 0. The maximum absolute atomic E-state index is 11.6. The van der Waals surface area contributed by atoms with Crippen LogP contribution in [0.1, 0.15) is 18.3 Å². The van der Waals surface area contributed by atoms with E-state index in [0.29, 0.717) is 6.61 Å². The second kappa shape index (κ2) is 5.61. The molecule has 6 nitrogen and oxygen atoms in total. The quantitative estimate of drug-likeness (QED) is 0.691. The minimum atomic E-state index is -0.233. The van der Waals surface area contributed by atoms with Crippen LogP contribution < -0.4 is 0 Å². The van der Waals surface area contributed by atoms with E-state index in [0.717, 1.165) is 27.7 Å². The Morgan fingerprint density at radius 3 is 2.95 bits per heavy atom. The molecule has 0 atom stereocenters. The number of hydrogen-bond donors (Lipinski definition) is 0. The van der Waals surface area contributed by atoms with Gasteiger partial charge in [0, 0.05) is 29.7 Å². The van der Waals surface area contributed by atoms with Gasteiger partial charge in [-0.25, -0.2) is 4.98 Å². The third-order valence-electron chi connectivity index (χ3n) is 3.04. The van der Waals surface area contributed by atoms with Gasteiger partial charge < -0.3 is 4.74 Å². The molecule has 0 aliphatic heterocycles. The van der Waals surface area contributed by atoms with Crippen LogP contribution in [0, 0.1) is 6.92 Å². The number of carbonyl (C=O) groups excluding carboxylic acids is 1. The van der Waals surface area contributed by atoms with E-state index in [1.54, 1.807) is 19.3 Å². The summed E-state index contributed by atoms with van der Waals surface area (Å²) in [6.45, 7) is 4.09. The Labute approximate surface area is 125 Å². The molecule has 0 aliphatic rings. The number of aryl methyl sites for hydroxylation is 1. The van der Waals surface area contributed by atoms with Crippen LogP contribution in [0.15, 0.2) is 24.0 Å². The number of thiazole rings is 1. The molecule has 0 bridgehead atoms. The predicted molar refractivity (Wildman–Crippen MR) is 79.2 cm³/mol. The molecule has 3 aromatic heterocycles. The fourth-order valence-corrected chi connectivity index (χ4v) is 2.96. The number of aromatic nitrogens is 4. The minimum Gasteiger partial charge on any atom is -0.466 e. The molecule has 0 aliphatic carbocycles. The molecule has 0 unspecified atom stereocenters. The molecule has 3 rings (SSSR count). The molecular weight excluding hydrogens is 288 g/mol.